The summed E-state index contributed by atoms with van der Waals surface area (Å²) >= 11 is -4.50. The molecule has 0 heterocycles. The van der Waals surface area contributed by atoms with Gasteiger partial charge in [-0.3, -0.25) is 0 Å². The first-order valence-corrected chi connectivity index (χ1v) is 4.45. The Kier molecular flexibility index (Phi) is 109. The van der Waals surface area contributed by atoms with Crippen LogP contribution in [0.25, 0.3) is 0 Å². The van der Waals surface area contributed by atoms with E-state index >= 15 is 0 Å². The zero-order chi connectivity index (χ0) is 8.12. The zero-order valence-electron chi connectivity index (χ0n) is 4.75. The van der Waals surface area contributed by atoms with Crippen LogP contribution in [0.2, 0.25) is 0 Å². The van der Waals surface area contributed by atoms with Gasteiger partial charge in [-0.1, -0.05) is 0 Å². The average molecular weight is 389 g/mol. The van der Waals surface area contributed by atoms with Gasteiger partial charge in [0.15, 0.2) is 0 Å². The molecule has 0 rings (SSSR count). The minimum absolute atomic E-state index is 0. The van der Waals surface area contributed by atoms with E-state index in [1.165, 1.54) is 0 Å². The van der Waals surface area contributed by atoms with Gasteiger partial charge in [0.2, 0.25) is 0 Å². The molecule has 0 saturated heterocycles. The van der Waals surface area contributed by atoms with Crippen molar-refractivity contribution in [2.24, 2.45) is 0 Å². The molecule has 6 nitrogen and oxygen atoms in total. The van der Waals surface area contributed by atoms with Crippen LogP contribution in [0.3, 0.4) is 0 Å². The topological polar surface area (TPSA) is 112 Å². The van der Waals surface area contributed by atoms with Crippen molar-refractivity contribution in [1.82, 2.24) is 0 Å². The molecule has 0 aliphatic carbocycles. The molecular formula is H3Al3BiO6. The summed E-state index contributed by atoms with van der Waals surface area (Å²) in [7, 11) is 0. The van der Waals surface area contributed by atoms with Gasteiger partial charge in [-0.25, -0.2) is 0 Å². The van der Waals surface area contributed by atoms with Gasteiger partial charge < -0.3 is 0 Å². The van der Waals surface area contributed by atoms with E-state index in [0.29, 0.717) is 0 Å². The quantitative estimate of drug-likeness (QED) is 0.370. The second kappa shape index (κ2) is 48.3. The van der Waals surface area contributed by atoms with Crippen LogP contribution in [0.15, 0.2) is 0 Å². The molecule has 0 spiro atoms. The van der Waals surface area contributed by atoms with E-state index in [2.05, 4.69) is 0 Å². The molecule has 0 saturated carbocycles. The predicted octanol–water partition coefficient (Wildman–Crippen LogP) is -3.55. The second-order valence-electron chi connectivity index (χ2n) is 0.316. The molecule has 0 bridgehead atoms. The zero-order valence-corrected chi connectivity index (χ0v) is 11.7. The van der Waals surface area contributed by atoms with Crippen LogP contribution in [-0.2, 0) is 11.4 Å². The van der Waals surface area contributed by atoms with Crippen LogP contribution >= 0.6 is 0 Å². The van der Waals surface area contributed by atoms with Gasteiger partial charge in [0, 0.05) is 26.2 Å². The van der Waals surface area contributed by atoms with Crippen molar-refractivity contribution in [3.05, 3.63) is 0 Å². The van der Waals surface area contributed by atoms with Crippen LogP contribution in [0.1, 0.15) is 0 Å². The van der Waals surface area contributed by atoms with E-state index in [1.54, 1.807) is 0 Å². The monoisotopic (exact) mass is 389 g/mol. The second-order valence-corrected chi connectivity index (χ2v) is 0.949. The predicted molar refractivity (Wildman–Crippen MR) is 31.7 cm³/mol. The molecule has 53 valence electrons. The summed E-state index contributed by atoms with van der Waals surface area (Å²) in [6.45, 7) is 0. The molecule has 0 aliphatic rings. The fraction of sp³-hybridized carbons (Fsp3) is 0. The summed E-state index contributed by atoms with van der Waals surface area (Å²) in [5, 5.41) is 0. The molecule has 10 heavy (non-hydrogen) atoms. The third kappa shape index (κ3) is 388. The summed E-state index contributed by atoms with van der Waals surface area (Å²) in [4.78, 5) is 0. The molecule has 0 aromatic carbocycles. The van der Waals surface area contributed by atoms with Gasteiger partial charge >= 0.3 is 70.3 Å². The minimum atomic E-state index is -1.50. The molecule has 3 radical (unpaired) electrons. The third-order valence-electron chi connectivity index (χ3n) is 0. The normalized spacial score (nSPS) is 2.40. The van der Waals surface area contributed by atoms with Crippen molar-refractivity contribution in [2.45, 2.75) is 0 Å². The number of rotatable bonds is 0. The fourth-order valence-corrected chi connectivity index (χ4v) is 0. The molecule has 0 aromatic heterocycles. The van der Waals surface area contributed by atoms with Crippen molar-refractivity contribution < 1.29 is 23.9 Å². The third-order valence-corrected chi connectivity index (χ3v) is 0. The molecular weight excluding hydrogens is 386 g/mol. The van der Waals surface area contributed by atoms with E-state index in [1.807, 2.05) is 0 Å². The Morgan fingerprint density at radius 1 is 0.700 bits per heavy atom. The van der Waals surface area contributed by atoms with Gasteiger partial charge in [-0.05, 0) is 0 Å². The van der Waals surface area contributed by atoms with Crippen LogP contribution in [-0.4, -0.2) is 85.1 Å². The van der Waals surface area contributed by atoms with Crippen molar-refractivity contribution in [3.63, 3.8) is 0 Å². The molecule has 0 unspecified atom stereocenters. The van der Waals surface area contributed by atoms with Crippen LogP contribution in [0, 0.1) is 0 Å². The summed E-state index contributed by atoms with van der Waals surface area (Å²) < 4.78 is 47.0. The first kappa shape index (κ1) is 22.5. The van der Waals surface area contributed by atoms with Crippen molar-refractivity contribution in [2.75, 3.05) is 0 Å². The maximum absolute atomic E-state index is 8.57. The van der Waals surface area contributed by atoms with Crippen LogP contribution < -0.4 is 0 Å². The van der Waals surface area contributed by atoms with E-state index in [9.17, 15) is 0 Å². The summed E-state index contributed by atoms with van der Waals surface area (Å²) in [5.41, 5.74) is 0. The van der Waals surface area contributed by atoms with Gasteiger partial charge in [-0.2, -0.15) is 0 Å². The Hall–Kier alpha value is 1.28. The first-order valence-electron chi connectivity index (χ1n) is 1.48. The molecule has 0 aromatic rings. The summed E-state index contributed by atoms with van der Waals surface area (Å²) in [6.07, 6.45) is 0. The number of hydrogen-bond acceptors (Lipinski definition) is 3. The molecule has 0 fully saturated rings. The van der Waals surface area contributed by atoms with Crippen molar-refractivity contribution >= 4 is 72.7 Å². The maximum atomic E-state index is 8.57. The van der Waals surface area contributed by atoms with Crippen molar-refractivity contribution in [1.29, 1.82) is 0 Å². The van der Waals surface area contributed by atoms with Crippen molar-refractivity contribution in [3.8, 4) is 0 Å². The van der Waals surface area contributed by atoms with Crippen LogP contribution in [0.4, 0.5) is 0 Å². The fourth-order valence-electron chi connectivity index (χ4n) is 0. The Morgan fingerprint density at radius 2 is 0.700 bits per heavy atom. The van der Waals surface area contributed by atoms with E-state index in [4.69, 9.17) is 23.9 Å². The number of hydrogen-bond donors (Lipinski definition) is 3. The van der Waals surface area contributed by atoms with E-state index in [0.717, 1.165) is 0 Å². The first-order chi connectivity index (χ1) is 4.24. The Labute approximate surface area is 95.5 Å². The van der Waals surface area contributed by atoms with Gasteiger partial charge in [0.25, 0.3) is 0 Å². The SMILES string of the molecule is [Bi].[O]=[Al][OH].[O]=[Al][OH].[O]=[Al][OH]. The summed E-state index contributed by atoms with van der Waals surface area (Å²) in [6, 6.07) is 0. The Balaban J connectivity index is -0.0000000257. The summed E-state index contributed by atoms with van der Waals surface area (Å²) in [5.74, 6) is 0. The molecule has 0 amide bonds. The van der Waals surface area contributed by atoms with Crippen LogP contribution in [0.5, 0.6) is 0 Å². The molecule has 10 heteroatoms. The molecule has 0 aliphatic heterocycles. The van der Waals surface area contributed by atoms with Gasteiger partial charge in [0.1, 0.15) is 0 Å². The standard InChI is InChI=1S/3Al.Bi.3H2O.3O/h;;;;3*1H2;;;/q3*+1;;;;;;;/p-3. The van der Waals surface area contributed by atoms with E-state index < -0.39 is 46.5 Å². The molecule has 0 atom stereocenters. The average Bonchev–Trinajstić information content (AvgIpc) is 1.70. The Bertz CT molecular complexity index is 49.7. The Morgan fingerprint density at radius 3 is 0.700 bits per heavy atom. The molecule has 3 N–H and O–H groups in total. The van der Waals surface area contributed by atoms with Gasteiger partial charge in [-0.15, -0.1) is 0 Å². The van der Waals surface area contributed by atoms with E-state index in [-0.39, 0.29) is 26.2 Å². The van der Waals surface area contributed by atoms with Gasteiger partial charge in [0.05, 0.1) is 0 Å².